The van der Waals surface area contributed by atoms with Gasteiger partial charge in [-0.2, -0.15) is 13.7 Å². The number of aryl methyl sites for hydroxylation is 1. The Hall–Kier alpha value is -5.75. The van der Waals surface area contributed by atoms with Crippen molar-refractivity contribution in [2.75, 3.05) is 43.6 Å². The summed E-state index contributed by atoms with van der Waals surface area (Å²) in [6.45, 7) is 2.48. The number of nitrogens with zero attached hydrogens (tertiary/aromatic N) is 5. The zero-order chi connectivity index (χ0) is 35.3. The van der Waals surface area contributed by atoms with Gasteiger partial charge in [-0.1, -0.05) is 29.8 Å². The van der Waals surface area contributed by atoms with Crippen LogP contribution in [0.15, 0.2) is 96.3 Å². The van der Waals surface area contributed by atoms with E-state index in [0.29, 0.717) is 34.6 Å². The largest absolute Gasteiger partial charge is 0.496 e. The minimum atomic E-state index is -4.03. The molecule has 1 fully saturated rings. The maximum atomic E-state index is 14.8. The lowest BCUT2D eigenvalue weighted by molar-refractivity contribution is 0.0118. The Balaban J connectivity index is 1.29. The minimum Gasteiger partial charge on any atom is -0.496 e. The van der Waals surface area contributed by atoms with Crippen LogP contribution in [0.2, 0.25) is 0 Å². The van der Waals surface area contributed by atoms with E-state index < -0.39 is 27.9 Å². The molecule has 3 aromatic carbocycles. The monoisotopic (exact) mass is 694 g/mol. The Morgan fingerprint density at radius 1 is 1.12 bits per heavy atom. The maximum Gasteiger partial charge on any atom is 0.297 e. The molecule has 1 N–H and O–H groups in total. The van der Waals surface area contributed by atoms with Crippen molar-refractivity contribution in [3.05, 3.63) is 114 Å². The molecule has 5 aromatic rings. The average Bonchev–Trinajstić information content (AvgIpc) is 3.14. The summed E-state index contributed by atoms with van der Waals surface area (Å²) in [5, 5.41) is 12.6. The van der Waals surface area contributed by atoms with Crippen LogP contribution in [0.1, 0.15) is 21.6 Å². The van der Waals surface area contributed by atoms with E-state index in [1.807, 2.05) is 17.9 Å². The molecule has 3 heterocycles. The van der Waals surface area contributed by atoms with E-state index in [1.54, 1.807) is 42.6 Å². The van der Waals surface area contributed by atoms with Gasteiger partial charge in [0.05, 0.1) is 59.9 Å². The number of benzene rings is 3. The van der Waals surface area contributed by atoms with Crippen molar-refractivity contribution >= 4 is 27.4 Å². The number of carbonyl (C=O) groups excluding carboxylic acids is 1. The molecular weight excluding hydrogens is 663 g/mol. The van der Waals surface area contributed by atoms with Crippen LogP contribution in [-0.2, 0) is 19.0 Å². The van der Waals surface area contributed by atoms with Crippen LogP contribution >= 0.6 is 0 Å². The molecule has 6 rings (SSSR count). The van der Waals surface area contributed by atoms with E-state index in [2.05, 4.69) is 26.3 Å². The predicted molar refractivity (Wildman–Crippen MR) is 183 cm³/mol. The lowest BCUT2D eigenvalue weighted by Crippen LogP contribution is -2.45. The minimum absolute atomic E-state index is 0.0189. The summed E-state index contributed by atoms with van der Waals surface area (Å²) in [5.74, 6) is -1.01. The van der Waals surface area contributed by atoms with Crippen molar-refractivity contribution in [3.63, 3.8) is 0 Å². The number of amides is 1. The summed E-state index contributed by atoms with van der Waals surface area (Å²) >= 11 is 0. The molecule has 1 atom stereocenters. The highest BCUT2D eigenvalue weighted by atomic mass is 32.2. The fraction of sp³-hybridized carbons (Fsp3) is 0.194. The van der Waals surface area contributed by atoms with Crippen molar-refractivity contribution in [2.45, 2.75) is 17.9 Å². The standard InChI is InChI=1S/C36H31FN6O6S/c1-23-6-9-27(10-7-23)50(45,46)49-22-26-21-43(16-17-48-26)32-18-24(28-20-39-14-12-25(28)19-38)8-11-30(32)42-36(44)31-13-15-40-35(41-31)34-29(37)4-3-5-33(34)47-2/h3-15,18,20,26H,16-17,21-22H2,1-2H3,(H,42,44). The zero-order valence-electron chi connectivity index (χ0n) is 27.0. The molecule has 50 heavy (non-hydrogen) atoms. The molecule has 1 amide bonds. The second-order valence-electron chi connectivity index (χ2n) is 11.3. The number of anilines is 2. The maximum absolute atomic E-state index is 14.8. The molecule has 2 aromatic heterocycles. The highest BCUT2D eigenvalue weighted by Crippen LogP contribution is 2.35. The van der Waals surface area contributed by atoms with Crippen LogP contribution in [-0.4, -0.2) is 68.8 Å². The molecule has 254 valence electrons. The number of ether oxygens (including phenoxy) is 2. The lowest BCUT2D eigenvalue weighted by Gasteiger charge is -2.35. The number of aromatic nitrogens is 3. The number of rotatable bonds is 10. The smallest absolute Gasteiger partial charge is 0.297 e. The van der Waals surface area contributed by atoms with Crippen molar-refractivity contribution in [1.29, 1.82) is 5.26 Å². The third-order valence-corrected chi connectivity index (χ3v) is 9.30. The zero-order valence-corrected chi connectivity index (χ0v) is 27.9. The van der Waals surface area contributed by atoms with Crippen LogP contribution < -0.4 is 15.0 Å². The molecule has 0 radical (unpaired) electrons. The van der Waals surface area contributed by atoms with Crippen molar-refractivity contribution in [2.24, 2.45) is 0 Å². The lowest BCUT2D eigenvalue weighted by atomic mass is 10.0. The fourth-order valence-corrected chi connectivity index (χ4v) is 6.39. The average molecular weight is 695 g/mol. The molecule has 12 nitrogen and oxygen atoms in total. The van der Waals surface area contributed by atoms with E-state index in [9.17, 15) is 22.9 Å². The van der Waals surface area contributed by atoms with Gasteiger partial charge in [-0.25, -0.2) is 14.4 Å². The van der Waals surface area contributed by atoms with Gasteiger partial charge in [-0.15, -0.1) is 0 Å². The molecule has 1 aliphatic heterocycles. The summed E-state index contributed by atoms with van der Waals surface area (Å²) in [6.07, 6.45) is 3.84. The molecule has 0 aliphatic carbocycles. The summed E-state index contributed by atoms with van der Waals surface area (Å²) in [4.78, 5) is 28.3. The Bertz CT molecular complexity index is 2190. The Kier molecular flexibility index (Phi) is 10.1. The summed E-state index contributed by atoms with van der Waals surface area (Å²) in [6, 6.07) is 21.1. The van der Waals surface area contributed by atoms with E-state index in [4.69, 9.17) is 13.7 Å². The molecule has 0 saturated carbocycles. The highest BCUT2D eigenvalue weighted by molar-refractivity contribution is 7.86. The van der Waals surface area contributed by atoms with Gasteiger partial charge in [0.2, 0.25) is 0 Å². The van der Waals surface area contributed by atoms with Crippen molar-refractivity contribution in [1.82, 2.24) is 15.0 Å². The van der Waals surface area contributed by atoms with Gasteiger partial charge in [0.1, 0.15) is 17.3 Å². The normalized spacial score (nSPS) is 14.5. The number of hydrogen-bond acceptors (Lipinski definition) is 11. The van der Waals surface area contributed by atoms with Gasteiger partial charge in [0.15, 0.2) is 5.82 Å². The number of nitrogens with one attached hydrogen (secondary N) is 1. The first-order valence-electron chi connectivity index (χ1n) is 15.5. The number of halogens is 1. The molecular formula is C36H31FN6O6S. The van der Waals surface area contributed by atoms with Crippen LogP contribution in [0.4, 0.5) is 15.8 Å². The first kappa shape index (κ1) is 34.1. The van der Waals surface area contributed by atoms with Crippen molar-refractivity contribution in [3.8, 4) is 34.3 Å². The molecule has 0 bridgehead atoms. The summed E-state index contributed by atoms with van der Waals surface area (Å²) in [7, 11) is -2.63. The number of carbonyl (C=O) groups is 1. The number of hydrogen-bond donors (Lipinski definition) is 1. The Morgan fingerprint density at radius 2 is 1.94 bits per heavy atom. The summed E-state index contributed by atoms with van der Waals surface area (Å²) < 4.78 is 57.1. The predicted octanol–water partition coefficient (Wildman–Crippen LogP) is 5.40. The number of methoxy groups -OCH3 is 1. The molecule has 1 unspecified atom stereocenters. The highest BCUT2D eigenvalue weighted by Gasteiger charge is 2.27. The Labute approximate surface area is 288 Å². The third kappa shape index (κ3) is 7.45. The molecule has 0 spiro atoms. The van der Waals surface area contributed by atoms with E-state index in [-0.39, 0.29) is 47.5 Å². The van der Waals surface area contributed by atoms with Crippen LogP contribution in [0, 0.1) is 24.1 Å². The molecule has 14 heteroatoms. The van der Waals surface area contributed by atoms with Crippen molar-refractivity contribution < 1.29 is 31.3 Å². The SMILES string of the molecule is COc1cccc(F)c1-c1nccc(C(=O)Nc2ccc(-c3cnccc3C#N)cc2N2CCOC(COS(=O)(=O)c3ccc(C)cc3)C2)n1. The second kappa shape index (κ2) is 14.8. The van der Waals surface area contributed by atoms with Gasteiger partial charge < -0.3 is 19.7 Å². The first-order chi connectivity index (χ1) is 24.2. The van der Waals surface area contributed by atoms with Gasteiger partial charge in [-0.3, -0.25) is 14.0 Å². The number of morpholine rings is 1. The summed E-state index contributed by atoms with van der Waals surface area (Å²) in [5.41, 5.74) is 3.55. The fourth-order valence-electron chi connectivity index (χ4n) is 5.45. The number of pyridine rings is 1. The topological polar surface area (TPSA) is 157 Å². The quantitative estimate of drug-likeness (QED) is 0.187. The van der Waals surface area contributed by atoms with Crippen LogP contribution in [0.5, 0.6) is 5.75 Å². The Morgan fingerprint density at radius 3 is 2.72 bits per heavy atom. The molecule has 1 aliphatic rings. The van der Waals surface area contributed by atoms with Gasteiger partial charge in [0, 0.05) is 37.2 Å². The number of nitriles is 1. The van der Waals surface area contributed by atoms with Crippen LogP contribution in [0.3, 0.4) is 0 Å². The van der Waals surface area contributed by atoms with Gasteiger partial charge >= 0.3 is 0 Å². The van der Waals surface area contributed by atoms with E-state index in [1.165, 1.54) is 49.8 Å². The second-order valence-corrected chi connectivity index (χ2v) is 12.9. The van der Waals surface area contributed by atoms with Gasteiger partial charge in [0.25, 0.3) is 16.0 Å². The van der Waals surface area contributed by atoms with Crippen LogP contribution in [0.25, 0.3) is 22.5 Å². The van der Waals surface area contributed by atoms with E-state index in [0.717, 1.165) is 5.56 Å². The third-order valence-electron chi connectivity index (χ3n) is 8.00. The van der Waals surface area contributed by atoms with E-state index >= 15 is 0 Å². The molecule has 1 saturated heterocycles. The van der Waals surface area contributed by atoms with Gasteiger partial charge in [-0.05, 0) is 61.0 Å². The first-order valence-corrected chi connectivity index (χ1v) is 16.9.